The lowest BCUT2D eigenvalue weighted by molar-refractivity contribution is 0.0779. The molecule has 2 aromatic rings. The normalized spacial score (nSPS) is 18.1. The summed E-state index contributed by atoms with van der Waals surface area (Å²) in [6, 6.07) is 5.76. The van der Waals surface area contributed by atoms with Gasteiger partial charge in [0, 0.05) is 51.1 Å². The topological polar surface area (TPSA) is 79.8 Å². The molecule has 2 fully saturated rings. The molecule has 1 aromatic carbocycles. The molecule has 4 rings (SSSR count). The predicted molar refractivity (Wildman–Crippen MR) is 107 cm³/mol. The highest BCUT2D eigenvalue weighted by atomic mass is 19.3. The number of anilines is 1. The van der Waals surface area contributed by atoms with Gasteiger partial charge in [-0.05, 0) is 31.0 Å². The Labute approximate surface area is 173 Å². The number of carbonyl (C=O) groups is 1. The van der Waals surface area contributed by atoms with E-state index in [1.807, 2.05) is 23.1 Å². The number of nitrogens with zero attached hydrogens (tertiary/aromatic N) is 4. The first-order chi connectivity index (χ1) is 14.6. The second kappa shape index (κ2) is 9.38. The van der Waals surface area contributed by atoms with Gasteiger partial charge in [0.2, 0.25) is 5.88 Å². The largest absolute Gasteiger partial charge is 0.471 e. The minimum Gasteiger partial charge on any atom is -0.471 e. The molecule has 0 spiro atoms. The number of carbonyl (C=O) groups excluding carboxylic acids is 1. The molecule has 0 atom stereocenters. The summed E-state index contributed by atoms with van der Waals surface area (Å²) >= 11 is 0. The molecular weight excluding hydrogens is 396 g/mol. The van der Waals surface area contributed by atoms with Gasteiger partial charge in [-0.1, -0.05) is 0 Å². The van der Waals surface area contributed by atoms with Crippen LogP contribution in [0.5, 0.6) is 5.88 Å². The molecule has 30 heavy (non-hydrogen) atoms. The number of urea groups is 1. The van der Waals surface area contributed by atoms with Gasteiger partial charge in [0.05, 0.1) is 10.9 Å². The third-order valence-corrected chi connectivity index (χ3v) is 5.41. The lowest BCUT2D eigenvalue weighted by Crippen LogP contribution is -2.54. The lowest BCUT2D eigenvalue weighted by Gasteiger charge is -2.37. The van der Waals surface area contributed by atoms with E-state index < -0.39 is 13.0 Å². The summed E-state index contributed by atoms with van der Waals surface area (Å²) in [6.45, 7) is 3.22. The first-order valence-corrected chi connectivity index (χ1v) is 10.1. The zero-order valence-electron chi connectivity index (χ0n) is 16.6. The Morgan fingerprint density at radius 2 is 1.97 bits per heavy atom. The number of hydrogen-bond donors (Lipinski definition) is 1. The van der Waals surface area contributed by atoms with E-state index in [0.717, 1.165) is 18.5 Å². The molecule has 10 heteroatoms. The second-order valence-electron chi connectivity index (χ2n) is 7.39. The van der Waals surface area contributed by atoms with Crippen LogP contribution >= 0.6 is 0 Å². The zero-order valence-corrected chi connectivity index (χ0v) is 16.6. The molecule has 2 aliphatic rings. The highest BCUT2D eigenvalue weighted by Crippen LogP contribution is 2.27. The zero-order chi connectivity index (χ0) is 20.9. The van der Waals surface area contributed by atoms with Crippen molar-refractivity contribution >= 4 is 22.6 Å². The minimum atomic E-state index is -2.57. The average Bonchev–Trinajstić information content (AvgIpc) is 2.78. The number of rotatable bonds is 5. The average molecular weight is 421 g/mol. The number of hydrogen-bond acceptors (Lipinski definition) is 6. The van der Waals surface area contributed by atoms with E-state index in [-0.39, 0.29) is 18.0 Å². The standard InChI is InChI=1S/C20H25F2N5O3/c21-18(22)12-30-19-16-11-15(1-2-17(16)23-13-24-19)26-5-7-27(8-6-26)20(28)25-14-3-9-29-10-4-14/h1-2,11,13-14,18H,3-10,12H2,(H,25,28). The maximum absolute atomic E-state index is 12.5. The molecule has 8 nitrogen and oxygen atoms in total. The van der Waals surface area contributed by atoms with Crippen LogP contribution in [0.4, 0.5) is 19.3 Å². The van der Waals surface area contributed by atoms with Crippen molar-refractivity contribution in [3.63, 3.8) is 0 Å². The second-order valence-corrected chi connectivity index (χ2v) is 7.39. The van der Waals surface area contributed by atoms with Gasteiger partial charge >= 0.3 is 6.03 Å². The fraction of sp³-hybridized carbons (Fsp3) is 0.550. The van der Waals surface area contributed by atoms with Gasteiger partial charge in [-0.15, -0.1) is 0 Å². The molecule has 0 radical (unpaired) electrons. The van der Waals surface area contributed by atoms with E-state index in [1.54, 1.807) is 0 Å². The molecule has 3 heterocycles. The van der Waals surface area contributed by atoms with Crippen molar-refractivity contribution in [1.29, 1.82) is 0 Å². The van der Waals surface area contributed by atoms with Crippen molar-refractivity contribution in [3.05, 3.63) is 24.5 Å². The summed E-state index contributed by atoms with van der Waals surface area (Å²) in [4.78, 5) is 24.7. The molecule has 2 aliphatic heterocycles. The Bertz CT molecular complexity index is 871. The predicted octanol–water partition coefficient (Wildman–Crippen LogP) is 2.28. The SMILES string of the molecule is O=C(NC1CCOCC1)N1CCN(c2ccc3ncnc(OCC(F)F)c3c2)CC1. The van der Waals surface area contributed by atoms with Crippen LogP contribution in [0.3, 0.4) is 0 Å². The molecule has 162 valence electrons. The van der Waals surface area contributed by atoms with Gasteiger partial charge in [0.1, 0.15) is 6.33 Å². The molecule has 2 amide bonds. The lowest BCUT2D eigenvalue weighted by atomic mass is 10.1. The number of halogens is 2. The molecule has 0 unspecified atom stereocenters. The number of benzene rings is 1. The molecular formula is C20H25F2N5O3. The highest BCUT2D eigenvalue weighted by molar-refractivity contribution is 5.86. The van der Waals surface area contributed by atoms with Crippen molar-refractivity contribution in [1.82, 2.24) is 20.2 Å². The fourth-order valence-electron chi connectivity index (χ4n) is 3.75. The summed E-state index contributed by atoms with van der Waals surface area (Å²) in [5.41, 5.74) is 1.55. The Hall–Kier alpha value is -2.75. The molecule has 2 saturated heterocycles. The first kappa shape index (κ1) is 20.5. The van der Waals surface area contributed by atoms with Gasteiger partial charge in [0.15, 0.2) is 6.61 Å². The number of alkyl halides is 2. The van der Waals surface area contributed by atoms with Crippen LogP contribution in [0, 0.1) is 0 Å². The number of fused-ring (bicyclic) bond motifs is 1. The third-order valence-electron chi connectivity index (χ3n) is 5.41. The van der Waals surface area contributed by atoms with Crippen LogP contribution in [0.15, 0.2) is 24.5 Å². The van der Waals surface area contributed by atoms with E-state index in [1.165, 1.54) is 6.33 Å². The summed E-state index contributed by atoms with van der Waals surface area (Å²) in [5.74, 6) is 0.150. The molecule has 0 aliphatic carbocycles. The van der Waals surface area contributed by atoms with E-state index >= 15 is 0 Å². The van der Waals surface area contributed by atoms with Gasteiger partial charge in [-0.3, -0.25) is 0 Å². The van der Waals surface area contributed by atoms with E-state index in [2.05, 4.69) is 20.2 Å². The van der Waals surface area contributed by atoms with Crippen molar-refractivity contribution in [2.75, 3.05) is 50.9 Å². The van der Waals surface area contributed by atoms with Crippen molar-refractivity contribution in [2.45, 2.75) is 25.3 Å². The maximum atomic E-state index is 12.5. The molecule has 0 saturated carbocycles. The number of piperazine rings is 1. The van der Waals surface area contributed by atoms with E-state index in [0.29, 0.717) is 50.3 Å². The van der Waals surface area contributed by atoms with E-state index in [9.17, 15) is 13.6 Å². The van der Waals surface area contributed by atoms with Crippen LogP contribution < -0.4 is 15.0 Å². The monoisotopic (exact) mass is 421 g/mol. The summed E-state index contributed by atoms with van der Waals surface area (Å²) in [7, 11) is 0. The van der Waals surface area contributed by atoms with Gasteiger partial charge < -0.3 is 24.6 Å². The van der Waals surface area contributed by atoms with Crippen molar-refractivity contribution in [2.24, 2.45) is 0 Å². The fourth-order valence-corrected chi connectivity index (χ4v) is 3.75. The Morgan fingerprint density at radius 1 is 1.20 bits per heavy atom. The van der Waals surface area contributed by atoms with Crippen LogP contribution in [0.2, 0.25) is 0 Å². The van der Waals surface area contributed by atoms with Crippen LogP contribution in [-0.4, -0.2) is 79.4 Å². The molecule has 0 bridgehead atoms. The Kier molecular flexibility index (Phi) is 6.41. The minimum absolute atomic E-state index is 0.0313. The molecule has 1 aromatic heterocycles. The summed E-state index contributed by atoms with van der Waals surface area (Å²) in [6.07, 6.45) is 0.430. The number of amides is 2. The van der Waals surface area contributed by atoms with Gasteiger partial charge in [-0.25, -0.2) is 23.5 Å². The smallest absolute Gasteiger partial charge is 0.317 e. The highest BCUT2D eigenvalue weighted by Gasteiger charge is 2.24. The quantitative estimate of drug-likeness (QED) is 0.798. The van der Waals surface area contributed by atoms with Crippen LogP contribution in [0.25, 0.3) is 10.9 Å². The third kappa shape index (κ3) is 4.86. The molecule has 1 N–H and O–H groups in total. The Morgan fingerprint density at radius 3 is 2.70 bits per heavy atom. The van der Waals surface area contributed by atoms with Gasteiger partial charge in [0.25, 0.3) is 6.43 Å². The van der Waals surface area contributed by atoms with E-state index in [4.69, 9.17) is 9.47 Å². The summed E-state index contributed by atoms with van der Waals surface area (Å²) < 4.78 is 35.5. The maximum Gasteiger partial charge on any atom is 0.317 e. The summed E-state index contributed by atoms with van der Waals surface area (Å²) in [5, 5.41) is 3.69. The Balaban J connectivity index is 1.39. The number of nitrogens with one attached hydrogen (secondary N) is 1. The first-order valence-electron chi connectivity index (χ1n) is 10.1. The van der Waals surface area contributed by atoms with Crippen molar-refractivity contribution in [3.8, 4) is 5.88 Å². The number of aromatic nitrogens is 2. The van der Waals surface area contributed by atoms with Crippen molar-refractivity contribution < 1.29 is 23.0 Å². The number of ether oxygens (including phenoxy) is 2. The van der Waals surface area contributed by atoms with Gasteiger partial charge in [-0.2, -0.15) is 0 Å². The van der Waals surface area contributed by atoms with Crippen LogP contribution in [-0.2, 0) is 4.74 Å². The van der Waals surface area contributed by atoms with Crippen LogP contribution in [0.1, 0.15) is 12.8 Å².